The van der Waals surface area contributed by atoms with E-state index in [4.69, 9.17) is 23.7 Å². The van der Waals surface area contributed by atoms with Gasteiger partial charge in [-0.3, -0.25) is 4.79 Å². The second kappa shape index (κ2) is 6.85. The molecule has 0 aliphatic carbocycles. The summed E-state index contributed by atoms with van der Waals surface area (Å²) in [5.74, 6) is -2.76. The molecule has 1 aromatic rings. The lowest BCUT2D eigenvalue weighted by Gasteiger charge is -2.36. The molecule has 1 amide bonds. The molecule has 8 nitrogen and oxygen atoms in total. The maximum absolute atomic E-state index is 13.7. The molecule has 3 saturated heterocycles. The summed E-state index contributed by atoms with van der Waals surface area (Å²) in [6.07, 6.45) is -2.33. The number of hydrogen-bond acceptors (Lipinski definition) is 7. The first-order valence-electron chi connectivity index (χ1n) is 9.09. The summed E-state index contributed by atoms with van der Waals surface area (Å²) in [7, 11) is 0. The van der Waals surface area contributed by atoms with Gasteiger partial charge >= 0.3 is 0 Å². The predicted molar refractivity (Wildman–Crippen MR) is 94.7 cm³/mol. The van der Waals surface area contributed by atoms with Crippen LogP contribution < -0.4 is 5.43 Å². The van der Waals surface area contributed by atoms with E-state index in [2.05, 4.69) is 10.5 Å². The van der Waals surface area contributed by atoms with Crippen molar-refractivity contribution in [3.05, 3.63) is 35.6 Å². The zero-order valence-electron chi connectivity index (χ0n) is 16.0. The Balaban J connectivity index is 1.50. The minimum atomic E-state index is -1.02. The molecule has 5 atom stereocenters. The van der Waals surface area contributed by atoms with Gasteiger partial charge in [0.1, 0.15) is 24.1 Å². The van der Waals surface area contributed by atoms with Crippen LogP contribution in [-0.4, -0.2) is 54.4 Å². The lowest BCUT2D eigenvalue weighted by atomic mass is 9.98. The molecule has 4 rings (SSSR count). The average Bonchev–Trinajstić information content (AvgIpc) is 3.09. The summed E-state index contributed by atoms with van der Waals surface area (Å²) < 4.78 is 43.0. The first-order chi connectivity index (χ1) is 13.2. The fourth-order valence-corrected chi connectivity index (χ4v) is 3.63. The largest absolute Gasteiger partial charge is 0.342 e. The SMILES string of the molecule is CC1(C)OC2OC(C(=O)NN=Cc3ccccc3F)C3OC(C)(C)OC3C2O1. The normalized spacial score (nSPS) is 35.5. The zero-order valence-corrected chi connectivity index (χ0v) is 16.0. The van der Waals surface area contributed by atoms with Gasteiger partial charge in [-0.25, -0.2) is 9.82 Å². The van der Waals surface area contributed by atoms with Crippen molar-refractivity contribution in [2.75, 3.05) is 0 Å². The number of carbonyl (C=O) groups is 1. The molecule has 152 valence electrons. The molecule has 1 aromatic carbocycles. The molecule has 0 aromatic heterocycles. The van der Waals surface area contributed by atoms with E-state index in [0.29, 0.717) is 0 Å². The molecular formula is C19H23FN2O6. The van der Waals surface area contributed by atoms with E-state index in [-0.39, 0.29) is 5.56 Å². The van der Waals surface area contributed by atoms with Crippen molar-refractivity contribution in [1.29, 1.82) is 0 Å². The summed E-state index contributed by atoms with van der Waals surface area (Å²) in [4.78, 5) is 12.7. The third kappa shape index (κ3) is 3.68. The molecule has 9 heteroatoms. The van der Waals surface area contributed by atoms with Gasteiger partial charge in [-0.15, -0.1) is 0 Å². The molecule has 3 heterocycles. The van der Waals surface area contributed by atoms with Gasteiger partial charge in [0.15, 0.2) is 24.0 Å². The van der Waals surface area contributed by atoms with Gasteiger partial charge in [-0.2, -0.15) is 5.10 Å². The van der Waals surface area contributed by atoms with Crippen LogP contribution in [0.15, 0.2) is 29.4 Å². The van der Waals surface area contributed by atoms with Gasteiger partial charge in [-0.05, 0) is 33.8 Å². The highest BCUT2D eigenvalue weighted by Gasteiger charge is 2.62. The molecule has 28 heavy (non-hydrogen) atoms. The fourth-order valence-electron chi connectivity index (χ4n) is 3.63. The second-order valence-corrected chi connectivity index (χ2v) is 7.85. The van der Waals surface area contributed by atoms with Crippen LogP contribution in [0.2, 0.25) is 0 Å². The van der Waals surface area contributed by atoms with Crippen LogP contribution in [-0.2, 0) is 28.5 Å². The van der Waals surface area contributed by atoms with Crippen LogP contribution in [0.1, 0.15) is 33.3 Å². The maximum atomic E-state index is 13.7. The standard InChI is InChI=1S/C19H23FN2O6/c1-18(2)25-12-13(26-18)15-17(28-19(3,4)27-15)24-14(12)16(23)22-21-9-10-7-5-6-8-11(10)20/h5-9,12-15,17H,1-4H3,(H,22,23). The summed E-state index contributed by atoms with van der Waals surface area (Å²) in [6, 6.07) is 6.10. The smallest absolute Gasteiger partial charge is 0.272 e. The third-order valence-corrected chi connectivity index (χ3v) is 4.70. The van der Waals surface area contributed by atoms with Crippen molar-refractivity contribution in [2.24, 2.45) is 5.10 Å². The number of nitrogens with zero attached hydrogens (tertiary/aromatic N) is 1. The predicted octanol–water partition coefficient (Wildman–Crippen LogP) is 1.67. The average molecular weight is 394 g/mol. The number of ether oxygens (including phenoxy) is 5. The number of fused-ring (bicyclic) bond motifs is 3. The Morgan fingerprint density at radius 2 is 1.68 bits per heavy atom. The van der Waals surface area contributed by atoms with E-state index in [1.165, 1.54) is 12.3 Å². The van der Waals surface area contributed by atoms with Gasteiger partial charge < -0.3 is 23.7 Å². The van der Waals surface area contributed by atoms with Crippen molar-refractivity contribution >= 4 is 12.1 Å². The second-order valence-electron chi connectivity index (χ2n) is 7.85. The molecule has 0 spiro atoms. The number of benzene rings is 1. The summed E-state index contributed by atoms with van der Waals surface area (Å²) >= 11 is 0. The Morgan fingerprint density at radius 1 is 1.04 bits per heavy atom. The molecule has 3 fully saturated rings. The molecule has 5 unspecified atom stereocenters. The lowest BCUT2D eigenvalue weighted by molar-refractivity contribution is -0.231. The highest BCUT2D eigenvalue weighted by molar-refractivity contribution is 5.85. The fraction of sp³-hybridized carbons (Fsp3) is 0.579. The Hall–Kier alpha value is -1.91. The summed E-state index contributed by atoms with van der Waals surface area (Å²) in [6.45, 7) is 7.04. The number of hydrazone groups is 1. The minimum absolute atomic E-state index is 0.251. The van der Waals surface area contributed by atoms with Crippen molar-refractivity contribution in [2.45, 2.75) is 70.0 Å². The van der Waals surface area contributed by atoms with E-state index >= 15 is 0 Å². The van der Waals surface area contributed by atoms with E-state index in [1.54, 1.807) is 45.9 Å². The van der Waals surface area contributed by atoms with Crippen molar-refractivity contribution in [3.8, 4) is 0 Å². The van der Waals surface area contributed by atoms with E-state index in [0.717, 1.165) is 0 Å². The Bertz CT molecular complexity index is 798. The van der Waals surface area contributed by atoms with Crippen molar-refractivity contribution < 1.29 is 32.9 Å². The van der Waals surface area contributed by atoms with E-state index in [1.807, 2.05) is 0 Å². The number of nitrogens with one attached hydrogen (secondary N) is 1. The molecular weight excluding hydrogens is 371 g/mol. The molecule has 0 radical (unpaired) electrons. The number of carbonyl (C=O) groups excluding carboxylic acids is 1. The van der Waals surface area contributed by atoms with Crippen LogP contribution >= 0.6 is 0 Å². The van der Waals surface area contributed by atoms with Crippen molar-refractivity contribution in [3.63, 3.8) is 0 Å². The first kappa shape index (κ1) is 19.4. The van der Waals surface area contributed by atoms with Gasteiger partial charge in [-0.1, -0.05) is 18.2 Å². The Kier molecular flexibility index (Phi) is 4.75. The van der Waals surface area contributed by atoms with Crippen molar-refractivity contribution in [1.82, 2.24) is 5.43 Å². The monoisotopic (exact) mass is 394 g/mol. The summed E-state index contributed by atoms with van der Waals surface area (Å²) in [5.41, 5.74) is 2.63. The quantitative estimate of drug-likeness (QED) is 0.620. The molecule has 0 saturated carbocycles. The van der Waals surface area contributed by atoms with Crippen LogP contribution in [0, 0.1) is 5.82 Å². The maximum Gasteiger partial charge on any atom is 0.272 e. The van der Waals surface area contributed by atoms with Crippen LogP contribution in [0.5, 0.6) is 0 Å². The van der Waals surface area contributed by atoms with E-state index in [9.17, 15) is 9.18 Å². The van der Waals surface area contributed by atoms with E-state index < -0.39 is 54.0 Å². The number of amides is 1. The Labute approximate surface area is 161 Å². The van der Waals surface area contributed by atoms with Crippen LogP contribution in [0.3, 0.4) is 0 Å². The number of hydrogen-bond donors (Lipinski definition) is 1. The third-order valence-electron chi connectivity index (χ3n) is 4.70. The van der Waals surface area contributed by atoms with Crippen LogP contribution in [0.25, 0.3) is 0 Å². The highest BCUT2D eigenvalue weighted by Crippen LogP contribution is 2.44. The lowest BCUT2D eigenvalue weighted by Crippen LogP contribution is -2.59. The molecule has 3 aliphatic heterocycles. The van der Waals surface area contributed by atoms with Gasteiger partial charge in [0.25, 0.3) is 5.91 Å². The molecule has 3 aliphatic rings. The zero-order chi connectivity index (χ0) is 20.1. The first-order valence-corrected chi connectivity index (χ1v) is 9.09. The minimum Gasteiger partial charge on any atom is -0.342 e. The highest BCUT2D eigenvalue weighted by atomic mass is 19.1. The summed E-state index contributed by atoms with van der Waals surface area (Å²) in [5, 5.41) is 3.83. The molecule has 1 N–H and O–H groups in total. The Morgan fingerprint density at radius 3 is 2.43 bits per heavy atom. The molecule has 0 bridgehead atoms. The van der Waals surface area contributed by atoms with Crippen LogP contribution in [0.4, 0.5) is 4.39 Å². The number of rotatable bonds is 3. The van der Waals surface area contributed by atoms with Gasteiger partial charge in [0.2, 0.25) is 0 Å². The van der Waals surface area contributed by atoms with Gasteiger partial charge in [0.05, 0.1) is 6.21 Å². The topological polar surface area (TPSA) is 87.6 Å². The number of halogens is 1. The van der Waals surface area contributed by atoms with Gasteiger partial charge in [0, 0.05) is 5.56 Å².